The largest absolute Gasteiger partial charge is 0.492 e. The second-order valence-electron chi connectivity index (χ2n) is 6.58. The predicted molar refractivity (Wildman–Crippen MR) is 86.2 cm³/mol. The number of carbonyl (C=O) groups is 1. The molecule has 1 amide bonds. The van der Waals surface area contributed by atoms with Gasteiger partial charge in [0, 0.05) is 11.6 Å². The van der Waals surface area contributed by atoms with Crippen molar-refractivity contribution in [1.29, 1.82) is 0 Å². The van der Waals surface area contributed by atoms with Gasteiger partial charge in [-0.15, -0.1) is 11.3 Å². The highest BCUT2D eigenvalue weighted by atomic mass is 32.1. The Hall–Kier alpha value is -1.43. The van der Waals surface area contributed by atoms with Crippen molar-refractivity contribution in [1.82, 2.24) is 5.32 Å². The number of anilines is 2. The van der Waals surface area contributed by atoms with E-state index in [1.807, 2.05) is 0 Å². The van der Waals surface area contributed by atoms with Crippen LogP contribution in [0.2, 0.25) is 0 Å². The lowest BCUT2D eigenvalue weighted by atomic mass is 9.99. The fourth-order valence-corrected chi connectivity index (χ4v) is 3.72. The minimum Gasteiger partial charge on any atom is -0.492 e. The summed E-state index contributed by atoms with van der Waals surface area (Å²) in [6.07, 6.45) is 4.62. The van der Waals surface area contributed by atoms with Crippen LogP contribution in [0.4, 0.5) is 10.7 Å². The van der Waals surface area contributed by atoms with Crippen molar-refractivity contribution in [3.8, 4) is 5.75 Å². The molecule has 0 atom stereocenters. The Bertz CT molecular complexity index is 560. The van der Waals surface area contributed by atoms with Crippen LogP contribution in [0.5, 0.6) is 5.75 Å². The van der Waals surface area contributed by atoms with Crippen LogP contribution in [0, 0.1) is 5.92 Å². The Balaban J connectivity index is 1.83. The molecule has 2 aliphatic carbocycles. The van der Waals surface area contributed by atoms with Crippen LogP contribution in [-0.2, 0) is 0 Å². The molecule has 0 aromatic carbocycles. The molecule has 0 saturated heterocycles. The van der Waals surface area contributed by atoms with Gasteiger partial charge in [0.25, 0.3) is 5.91 Å². The summed E-state index contributed by atoms with van der Waals surface area (Å²) >= 11 is 1.39. The van der Waals surface area contributed by atoms with E-state index >= 15 is 0 Å². The number of ether oxygens (including phenoxy) is 1. The first-order valence-electron chi connectivity index (χ1n) is 7.47. The molecule has 0 spiro atoms. The minimum absolute atomic E-state index is 0.00515. The summed E-state index contributed by atoms with van der Waals surface area (Å²) in [7, 11) is 1.59. The van der Waals surface area contributed by atoms with E-state index in [0.29, 0.717) is 28.3 Å². The van der Waals surface area contributed by atoms with Gasteiger partial charge >= 0.3 is 0 Å². The Labute approximate surface area is 129 Å². The lowest BCUT2D eigenvalue weighted by Crippen LogP contribution is -2.32. The van der Waals surface area contributed by atoms with Gasteiger partial charge in [-0.2, -0.15) is 0 Å². The highest BCUT2D eigenvalue weighted by Crippen LogP contribution is 2.47. The van der Waals surface area contributed by atoms with Gasteiger partial charge in [-0.05, 0) is 45.4 Å². The molecule has 0 aliphatic heterocycles. The summed E-state index contributed by atoms with van der Waals surface area (Å²) in [6.45, 7) is 4.37. The third-order valence-electron chi connectivity index (χ3n) is 4.26. The zero-order chi connectivity index (χ0) is 15.2. The van der Waals surface area contributed by atoms with Crippen LogP contribution in [0.25, 0.3) is 0 Å². The smallest absolute Gasteiger partial charge is 0.263 e. The highest BCUT2D eigenvalue weighted by Gasteiger charge is 2.39. The topological polar surface area (TPSA) is 76.4 Å². The molecule has 1 heterocycles. The van der Waals surface area contributed by atoms with Crippen molar-refractivity contribution in [2.75, 3.05) is 18.2 Å². The molecule has 116 valence electrons. The molecular formula is C15H23N3O2S. The summed E-state index contributed by atoms with van der Waals surface area (Å²) in [5, 5.41) is 7.35. The van der Waals surface area contributed by atoms with Crippen LogP contribution in [0.3, 0.4) is 0 Å². The van der Waals surface area contributed by atoms with Crippen LogP contribution in [0.1, 0.15) is 49.2 Å². The monoisotopic (exact) mass is 309 g/mol. The van der Waals surface area contributed by atoms with Gasteiger partial charge in [-0.25, -0.2) is 0 Å². The second kappa shape index (κ2) is 5.09. The van der Waals surface area contributed by atoms with E-state index in [1.165, 1.54) is 24.2 Å². The fourth-order valence-electron chi connectivity index (χ4n) is 2.56. The molecule has 0 bridgehead atoms. The van der Waals surface area contributed by atoms with Gasteiger partial charge in [0.1, 0.15) is 15.6 Å². The summed E-state index contributed by atoms with van der Waals surface area (Å²) in [5.41, 5.74) is 6.54. The lowest BCUT2D eigenvalue weighted by molar-refractivity contribution is 0.0956. The van der Waals surface area contributed by atoms with Crippen molar-refractivity contribution in [3.05, 3.63) is 4.88 Å². The number of hydrogen-bond donors (Lipinski definition) is 3. The average molecular weight is 309 g/mol. The normalized spacial score (nSPS) is 18.4. The van der Waals surface area contributed by atoms with E-state index in [9.17, 15) is 4.79 Å². The summed E-state index contributed by atoms with van der Waals surface area (Å²) in [4.78, 5) is 12.8. The number of methoxy groups -OCH3 is 1. The van der Waals surface area contributed by atoms with Crippen molar-refractivity contribution in [2.24, 2.45) is 5.92 Å². The van der Waals surface area contributed by atoms with Gasteiger partial charge in [0.2, 0.25) is 0 Å². The molecule has 5 nitrogen and oxygen atoms in total. The van der Waals surface area contributed by atoms with Gasteiger partial charge in [-0.3, -0.25) is 4.79 Å². The molecule has 1 aromatic heterocycles. The van der Waals surface area contributed by atoms with Crippen molar-refractivity contribution < 1.29 is 9.53 Å². The first-order chi connectivity index (χ1) is 9.92. The van der Waals surface area contributed by atoms with Gasteiger partial charge in [0.05, 0.1) is 7.11 Å². The first kappa shape index (κ1) is 14.5. The van der Waals surface area contributed by atoms with Crippen LogP contribution >= 0.6 is 11.3 Å². The Morgan fingerprint density at radius 2 is 2.00 bits per heavy atom. The zero-order valence-electron chi connectivity index (χ0n) is 12.8. The van der Waals surface area contributed by atoms with E-state index in [2.05, 4.69) is 24.5 Å². The standard InChI is InChI=1S/C15H23N3O2S/c1-15(2,8-4-5-8)18-14-11(20-3)10(16)12(21-14)13(19)17-9-6-7-9/h8-9,18H,4-7,16H2,1-3H3,(H,17,19). The number of amides is 1. The first-order valence-corrected chi connectivity index (χ1v) is 8.29. The maximum atomic E-state index is 12.2. The molecule has 2 aliphatic rings. The SMILES string of the molecule is COc1c(NC(C)(C)C2CC2)sc(C(=O)NC2CC2)c1N. The molecule has 4 N–H and O–H groups in total. The van der Waals surface area contributed by atoms with Crippen molar-refractivity contribution >= 4 is 27.9 Å². The van der Waals surface area contributed by atoms with Crippen LogP contribution in [-0.4, -0.2) is 24.6 Å². The van der Waals surface area contributed by atoms with Gasteiger partial charge < -0.3 is 21.1 Å². The number of nitrogen functional groups attached to an aromatic ring is 1. The third-order valence-corrected chi connectivity index (χ3v) is 5.36. The second-order valence-corrected chi connectivity index (χ2v) is 7.60. The summed E-state index contributed by atoms with van der Waals surface area (Å²) in [6, 6.07) is 0.323. The Morgan fingerprint density at radius 1 is 1.33 bits per heavy atom. The molecule has 2 saturated carbocycles. The van der Waals surface area contributed by atoms with E-state index in [0.717, 1.165) is 17.8 Å². The van der Waals surface area contributed by atoms with Gasteiger partial charge in [-0.1, -0.05) is 0 Å². The van der Waals surface area contributed by atoms with E-state index in [4.69, 9.17) is 10.5 Å². The molecule has 2 fully saturated rings. The van der Waals surface area contributed by atoms with E-state index < -0.39 is 0 Å². The van der Waals surface area contributed by atoms with E-state index in [-0.39, 0.29) is 11.4 Å². The quantitative estimate of drug-likeness (QED) is 0.755. The number of nitrogens with two attached hydrogens (primary N) is 1. The molecule has 6 heteroatoms. The molecule has 0 unspecified atom stereocenters. The predicted octanol–water partition coefficient (Wildman–Crippen LogP) is 2.83. The number of carbonyl (C=O) groups excluding carboxylic acids is 1. The molecular weight excluding hydrogens is 286 g/mol. The third kappa shape index (κ3) is 2.95. The van der Waals surface area contributed by atoms with Crippen LogP contribution < -0.4 is 21.1 Å². The fraction of sp³-hybridized carbons (Fsp3) is 0.667. The lowest BCUT2D eigenvalue weighted by Gasteiger charge is -2.27. The number of thiophene rings is 1. The minimum atomic E-state index is -0.0874. The van der Waals surface area contributed by atoms with Crippen molar-refractivity contribution in [3.63, 3.8) is 0 Å². The van der Waals surface area contributed by atoms with E-state index in [1.54, 1.807) is 7.11 Å². The Morgan fingerprint density at radius 3 is 2.52 bits per heavy atom. The number of hydrogen-bond acceptors (Lipinski definition) is 5. The Kier molecular flexibility index (Phi) is 3.51. The molecule has 1 aromatic rings. The molecule has 0 radical (unpaired) electrons. The zero-order valence-corrected chi connectivity index (χ0v) is 13.6. The number of rotatable bonds is 6. The van der Waals surface area contributed by atoms with Crippen LogP contribution in [0.15, 0.2) is 0 Å². The summed E-state index contributed by atoms with van der Waals surface area (Å²) < 4.78 is 5.42. The maximum Gasteiger partial charge on any atom is 0.263 e. The average Bonchev–Trinajstić information content (AvgIpc) is 3.28. The highest BCUT2D eigenvalue weighted by molar-refractivity contribution is 7.19. The van der Waals surface area contributed by atoms with Gasteiger partial charge in [0.15, 0.2) is 5.75 Å². The number of nitrogens with one attached hydrogen (secondary N) is 2. The molecule has 21 heavy (non-hydrogen) atoms. The summed E-state index contributed by atoms with van der Waals surface area (Å²) in [5.74, 6) is 1.18. The maximum absolute atomic E-state index is 12.2. The van der Waals surface area contributed by atoms with Crippen molar-refractivity contribution in [2.45, 2.75) is 51.1 Å². The molecule has 3 rings (SSSR count).